The van der Waals surface area contributed by atoms with Crippen molar-refractivity contribution in [1.29, 1.82) is 0 Å². The van der Waals surface area contributed by atoms with Gasteiger partial charge in [-0.05, 0) is 38.7 Å². The number of hydrogen-bond acceptors (Lipinski definition) is 3. The fourth-order valence-corrected chi connectivity index (χ4v) is 2.34. The molecule has 0 aromatic carbocycles. The lowest BCUT2D eigenvalue weighted by Gasteiger charge is -2.33. The van der Waals surface area contributed by atoms with Crippen LogP contribution in [-0.4, -0.2) is 17.2 Å². The van der Waals surface area contributed by atoms with E-state index >= 15 is 0 Å². The third kappa shape index (κ3) is 2.50. The summed E-state index contributed by atoms with van der Waals surface area (Å²) >= 11 is 0. The van der Waals surface area contributed by atoms with Crippen LogP contribution in [0.25, 0.3) is 0 Å². The summed E-state index contributed by atoms with van der Waals surface area (Å²) in [4.78, 5) is 4.16. The predicted octanol–water partition coefficient (Wildman–Crippen LogP) is 2.80. The van der Waals surface area contributed by atoms with Crippen molar-refractivity contribution in [3.05, 3.63) is 35.5 Å². The van der Waals surface area contributed by atoms with Gasteiger partial charge in [0.1, 0.15) is 0 Å². The molecule has 0 unspecified atom stereocenters. The van der Waals surface area contributed by atoms with E-state index in [4.69, 9.17) is 4.74 Å². The maximum atomic E-state index is 10.6. The number of aromatic nitrogens is 1. The van der Waals surface area contributed by atoms with Crippen molar-refractivity contribution in [3.8, 4) is 5.88 Å². The molecular formula is C14H19NO2. The van der Waals surface area contributed by atoms with E-state index in [1.54, 1.807) is 19.4 Å². The molecule has 1 aliphatic carbocycles. The highest BCUT2D eigenvalue weighted by atomic mass is 16.5. The Hall–Kier alpha value is -1.35. The summed E-state index contributed by atoms with van der Waals surface area (Å²) in [5.41, 5.74) is 1.62. The van der Waals surface area contributed by atoms with E-state index < -0.39 is 5.60 Å². The van der Waals surface area contributed by atoms with Crippen molar-refractivity contribution in [3.63, 3.8) is 0 Å². The van der Waals surface area contributed by atoms with Gasteiger partial charge in [-0.15, -0.1) is 0 Å². The van der Waals surface area contributed by atoms with E-state index in [9.17, 15) is 5.11 Å². The highest BCUT2D eigenvalue weighted by molar-refractivity contribution is 5.25. The van der Waals surface area contributed by atoms with E-state index in [0.29, 0.717) is 5.88 Å². The highest BCUT2D eigenvalue weighted by Gasteiger charge is 2.32. The van der Waals surface area contributed by atoms with E-state index in [0.717, 1.165) is 31.2 Å². The van der Waals surface area contributed by atoms with E-state index in [2.05, 4.69) is 18.0 Å². The van der Waals surface area contributed by atoms with Crippen molar-refractivity contribution < 1.29 is 9.84 Å². The van der Waals surface area contributed by atoms with Crippen LogP contribution in [0, 0.1) is 0 Å². The quantitative estimate of drug-likeness (QED) is 0.799. The van der Waals surface area contributed by atoms with Gasteiger partial charge in [0, 0.05) is 17.8 Å². The zero-order chi connectivity index (χ0) is 12.3. The fourth-order valence-electron chi connectivity index (χ4n) is 2.34. The molecule has 17 heavy (non-hydrogen) atoms. The summed E-state index contributed by atoms with van der Waals surface area (Å²) in [6, 6.07) is 3.71. The molecule has 3 heteroatoms. The first-order valence-electron chi connectivity index (χ1n) is 6.05. The molecule has 0 aliphatic heterocycles. The molecule has 0 amide bonds. The van der Waals surface area contributed by atoms with E-state index in [1.165, 1.54) is 5.57 Å². The summed E-state index contributed by atoms with van der Waals surface area (Å²) in [7, 11) is 1.59. The third-order valence-corrected chi connectivity index (χ3v) is 3.61. The smallest absolute Gasteiger partial charge is 0.212 e. The maximum Gasteiger partial charge on any atom is 0.212 e. The maximum absolute atomic E-state index is 10.6. The number of methoxy groups -OCH3 is 1. The van der Waals surface area contributed by atoms with Crippen LogP contribution in [0.15, 0.2) is 30.0 Å². The molecule has 0 atom stereocenters. The first kappa shape index (κ1) is 12.1. The van der Waals surface area contributed by atoms with Gasteiger partial charge in [-0.2, -0.15) is 0 Å². The van der Waals surface area contributed by atoms with Crippen LogP contribution < -0.4 is 4.74 Å². The Morgan fingerprint density at radius 1 is 1.35 bits per heavy atom. The van der Waals surface area contributed by atoms with Crippen LogP contribution in [0.2, 0.25) is 0 Å². The van der Waals surface area contributed by atoms with Gasteiger partial charge in [-0.3, -0.25) is 0 Å². The summed E-state index contributed by atoms with van der Waals surface area (Å²) in [6.07, 6.45) is 7.38. The van der Waals surface area contributed by atoms with Crippen molar-refractivity contribution in [1.82, 2.24) is 4.98 Å². The number of hydrogen-bond donors (Lipinski definition) is 1. The molecule has 0 spiro atoms. The van der Waals surface area contributed by atoms with Gasteiger partial charge in [0.15, 0.2) is 0 Å². The second-order valence-corrected chi connectivity index (χ2v) is 4.57. The molecule has 1 aromatic rings. The Kier molecular flexibility index (Phi) is 3.48. The normalized spacial score (nSPS) is 24.5. The van der Waals surface area contributed by atoms with Crippen LogP contribution in [0.5, 0.6) is 5.88 Å². The Morgan fingerprint density at radius 3 is 2.53 bits per heavy atom. The minimum absolute atomic E-state index is 0.585. The van der Waals surface area contributed by atoms with Crippen molar-refractivity contribution in [2.24, 2.45) is 0 Å². The number of pyridine rings is 1. The van der Waals surface area contributed by atoms with Crippen LogP contribution in [0.3, 0.4) is 0 Å². The second kappa shape index (κ2) is 4.88. The lowest BCUT2D eigenvalue weighted by molar-refractivity contribution is 0.00889. The van der Waals surface area contributed by atoms with Gasteiger partial charge in [-0.1, -0.05) is 11.6 Å². The zero-order valence-corrected chi connectivity index (χ0v) is 10.4. The summed E-state index contributed by atoms with van der Waals surface area (Å²) in [5, 5.41) is 10.6. The fraction of sp³-hybridized carbons (Fsp3) is 0.500. The van der Waals surface area contributed by atoms with Crippen LogP contribution >= 0.6 is 0 Å². The van der Waals surface area contributed by atoms with Crippen LogP contribution in [0.4, 0.5) is 0 Å². The molecule has 2 rings (SSSR count). The Bertz CT molecular complexity index is 399. The third-order valence-electron chi connectivity index (χ3n) is 3.61. The molecule has 0 radical (unpaired) electrons. The minimum Gasteiger partial charge on any atom is -0.481 e. The molecule has 92 valence electrons. The molecule has 1 aromatic heterocycles. The summed E-state index contributed by atoms with van der Waals surface area (Å²) in [6.45, 7) is 2.06. The van der Waals surface area contributed by atoms with Crippen LogP contribution in [0.1, 0.15) is 38.2 Å². The monoisotopic (exact) mass is 233 g/mol. The molecule has 1 saturated carbocycles. The van der Waals surface area contributed by atoms with Gasteiger partial charge >= 0.3 is 0 Å². The molecule has 0 bridgehead atoms. The van der Waals surface area contributed by atoms with E-state index in [-0.39, 0.29) is 0 Å². The Labute approximate surface area is 102 Å². The number of rotatable bonds is 2. The number of ether oxygens (including phenoxy) is 1. The first-order valence-corrected chi connectivity index (χ1v) is 6.05. The highest BCUT2D eigenvalue weighted by Crippen LogP contribution is 2.39. The molecular weight excluding hydrogens is 214 g/mol. The van der Waals surface area contributed by atoms with Gasteiger partial charge < -0.3 is 9.84 Å². The van der Waals surface area contributed by atoms with Crippen LogP contribution in [-0.2, 0) is 5.60 Å². The topological polar surface area (TPSA) is 42.4 Å². The van der Waals surface area contributed by atoms with Crippen molar-refractivity contribution in [2.75, 3.05) is 7.11 Å². The average molecular weight is 233 g/mol. The number of allylic oxidation sites excluding steroid dienone is 2. The van der Waals surface area contributed by atoms with E-state index in [1.807, 2.05) is 6.07 Å². The average Bonchev–Trinajstić information content (AvgIpc) is 2.40. The molecule has 1 N–H and O–H groups in total. The molecule has 1 fully saturated rings. The first-order chi connectivity index (χ1) is 8.18. The lowest BCUT2D eigenvalue weighted by atomic mass is 9.78. The largest absolute Gasteiger partial charge is 0.481 e. The van der Waals surface area contributed by atoms with Gasteiger partial charge in [-0.25, -0.2) is 4.98 Å². The van der Waals surface area contributed by atoms with Gasteiger partial charge in [0.25, 0.3) is 0 Å². The van der Waals surface area contributed by atoms with Crippen molar-refractivity contribution in [2.45, 2.75) is 38.2 Å². The van der Waals surface area contributed by atoms with Gasteiger partial charge in [0.2, 0.25) is 5.88 Å². The Morgan fingerprint density at radius 2 is 2.06 bits per heavy atom. The lowest BCUT2D eigenvalue weighted by Crippen LogP contribution is -2.29. The minimum atomic E-state index is -0.716. The predicted molar refractivity (Wildman–Crippen MR) is 66.9 cm³/mol. The second-order valence-electron chi connectivity index (χ2n) is 4.57. The molecule has 1 heterocycles. The Balaban J connectivity index is 2.15. The molecule has 0 saturated heterocycles. The summed E-state index contributed by atoms with van der Waals surface area (Å²) < 4.78 is 5.02. The molecule has 3 nitrogen and oxygen atoms in total. The number of aliphatic hydroxyl groups is 1. The number of nitrogens with zero attached hydrogens (tertiary/aromatic N) is 1. The standard InChI is InChI=1S/C14H19NO2/c1-3-11-6-8-14(16,9-7-11)12-4-5-13(17-2)15-10-12/h3-5,10,16H,6-9H2,1-2H3. The molecule has 1 aliphatic rings. The SMILES string of the molecule is CC=C1CCC(O)(c2ccc(OC)nc2)CC1. The summed E-state index contributed by atoms with van der Waals surface area (Å²) in [5.74, 6) is 0.585. The zero-order valence-electron chi connectivity index (χ0n) is 10.4. The van der Waals surface area contributed by atoms with Crippen molar-refractivity contribution >= 4 is 0 Å². The van der Waals surface area contributed by atoms with Gasteiger partial charge in [0.05, 0.1) is 12.7 Å².